The number of nitrogens with one attached hydrogen (secondary N) is 2. The van der Waals surface area contributed by atoms with Crippen molar-refractivity contribution in [3.8, 4) is 0 Å². The van der Waals surface area contributed by atoms with Gasteiger partial charge in [0, 0.05) is 5.69 Å². The van der Waals surface area contributed by atoms with Crippen molar-refractivity contribution >= 4 is 21.7 Å². The Morgan fingerprint density at radius 2 is 1.68 bits per heavy atom. The molecule has 0 aliphatic heterocycles. The second-order valence-electron chi connectivity index (χ2n) is 4.73. The molecule has 0 saturated heterocycles. The molecule has 1 saturated carbocycles. The topological polar surface area (TPSA) is 75.3 Å². The van der Waals surface area contributed by atoms with Crippen molar-refractivity contribution in [2.45, 2.75) is 37.4 Å². The maximum atomic E-state index is 12.0. The highest BCUT2D eigenvalue weighted by atomic mass is 32.2. The molecule has 1 aromatic carbocycles. The number of hydrogen-bond acceptors (Lipinski definition) is 3. The molecule has 0 heterocycles. The van der Waals surface area contributed by atoms with Gasteiger partial charge in [0.1, 0.15) is 0 Å². The number of urea groups is 1. The minimum atomic E-state index is -3.56. The monoisotopic (exact) mass is 282 g/mol. The molecule has 0 aromatic heterocycles. The molecular weight excluding hydrogens is 264 g/mol. The zero-order valence-electron chi connectivity index (χ0n) is 10.6. The highest BCUT2D eigenvalue weighted by Crippen LogP contribution is 2.23. The summed E-state index contributed by atoms with van der Waals surface area (Å²) in [6, 6.07) is 8.06. The van der Waals surface area contributed by atoms with Gasteiger partial charge < -0.3 is 5.32 Å². The number of benzene rings is 1. The Morgan fingerprint density at radius 1 is 1.05 bits per heavy atom. The van der Waals surface area contributed by atoms with E-state index in [0.717, 1.165) is 19.3 Å². The van der Waals surface area contributed by atoms with Gasteiger partial charge in [-0.3, -0.25) is 0 Å². The largest absolute Gasteiger partial charge is 0.332 e. The summed E-state index contributed by atoms with van der Waals surface area (Å²) in [5.41, 5.74) is 0.568. The van der Waals surface area contributed by atoms with Crippen LogP contribution in [0.5, 0.6) is 0 Å². The molecule has 19 heavy (non-hydrogen) atoms. The van der Waals surface area contributed by atoms with E-state index in [1.807, 2.05) is 6.07 Å². The number of rotatable bonds is 3. The van der Waals surface area contributed by atoms with Gasteiger partial charge in [0.2, 0.25) is 10.0 Å². The third-order valence-corrected chi connectivity index (χ3v) is 5.08. The Hall–Kier alpha value is -1.56. The average Bonchev–Trinajstić information content (AvgIpc) is 2.40. The fourth-order valence-corrected chi connectivity index (χ4v) is 3.70. The molecule has 5 nitrogen and oxygen atoms in total. The zero-order chi connectivity index (χ0) is 13.7. The van der Waals surface area contributed by atoms with Crippen LogP contribution in [0.1, 0.15) is 32.1 Å². The molecule has 1 aliphatic carbocycles. The standard InChI is InChI=1S/C13H18N2O3S/c16-13(14-11-7-3-1-4-8-11)15-19(17,18)12-9-5-2-6-10-12/h1,3-4,7-8,12H,2,5-6,9-10H2,(H2,14,15,16). The van der Waals surface area contributed by atoms with Gasteiger partial charge in [0.15, 0.2) is 0 Å². The van der Waals surface area contributed by atoms with Gasteiger partial charge in [-0.2, -0.15) is 0 Å². The van der Waals surface area contributed by atoms with Crippen molar-refractivity contribution in [2.24, 2.45) is 0 Å². The van der Waals surface area contributed by atoms with Crippen molar-refractivity contribution in [2.75, 3.05) is 5.32 Å². The summed E-state index contributed by atoms with van der Waals surface area (Å²) in [6.07, 6.45) is 4.15. The number of anilines is 1. The van der Waals surface area contributed by atoms with E-state index in [9.17, 15) is 13.2 Å². The van der Waals surface area contributed by atoms with Crippen LogP contribution >= 0.6 is 0 Å². The molecule has 0 bridgehead atoms. The molecule has 0 unspecified atom stereocenters. The summed E-state index contributed by atoms with van der Waals surface area (Å²) >= 11 is 0. The Morgan fingerprint density at radius 3 is 2.32 bits per heavy atom. The van der Waals surface area contributed by atoms with E-state index in [2.05, 4.69) is 10.0 Å². The van der Waals surface area contributed by atoms with E-state index in [1.165, 1.54) is 0 Å². The average molecular weight is 282 g/mol. The lowest BCUT2D eigenvalue weighted by atomic mass is 10.0. The van der Waals surface area contributed by atoms with Crippen LogP contribution in [-0.4, -0.2) is 19.7 Å². The fraction of sp³-hybridized carbons (Fsp3) is 0.462. The van der Waals surface area contributed by atoms with E-state index in [4.69, 9.17) is 0 Å². The zero-order valence-corrected chi connectivity index (χ0v) is 11.4. The van der Waals surface area contributed by atoms with E-state index < -0.39 is 21.3 Å². The van der Waals surface area contributed by atoms with Crippen LogP contribution in [0.25, 0.3) is 0 Å². The first-order chi connectivity index (χ1) is 9.08. The first kappa shape index (κ1) is 13.9. The summed E-state index contributed by atoms with van der Waals surface area (Å²) in [7, 11) is -3.56. The summed E-state index contributed by atoms with van der Waals surface area (Å²) in [6.45, 7) is 0. The Bertz CT molecular complexity index is 522. The highest BCUT2D eigenvalue weighted by Gasteiger charge is 2.28. The summed E-state index contributed by atoms with van der Waals surface area (Å²) < 4.78 is 26.1. The Kier molecular flexibility index (Phi) is 4.42. The SMILES string of the molecule is O=C(Nc1ccccc1)NS(=O)(=O)C1CCCCC1. The van der Waals surface area contributed by atoms with Crippen LogP contribution in [0, 0.1) is 0 Å². The lowest BCUT2D eigenvalue weighted by Crippen LogP contribution is -2.41. The summed E-state index contributed by atoms with van der Waals surface area (Å²) in [5.74, 6) is 0. The minimum Gasteiger partial charge on any atom is -0.307 e. The van der Waals surface area contributed by atoms with Crippen LogP contribution < -0.4 is 10.0 Å². The molecular formula is C13H18N2O3S. The molecule has 6 heteroatoms. The quantitative estimate of drug-likeness (QED) is 0.894. The van der Waals surface area contributed by atoms with Crippen LogP contribution in [0.3, 0.4) is 0 Å². The first-order valence-corrected chi connectivity index (χ1v) is 8.00. The predicted octanol–water partition coefficient (Wildman–Crippen LogP) is 2.47. The maximum Gasteiger partial charge on any atom is 0.332 e. The van der Waals surface area contributed by atoms with E-state index >= 15 is 0 Å². The van der Waals surface area contributed by atoms with Crippen molar-refractivity contribution < 1.29 is 13.2 Å². The second kappa shape index (κ2) is 6.06. The molecule has 0 spiro atoms. The first-order valence-electron chi connectivity index (χ1n) is 6.45. The van der Waals surface area contributed by atoms with Gasteiger partial charge in [0.05, 0.1) is 5.25 Å². The highest BCUT2D eigenvalue weighted by molar-refractivity contribution is 7.90. The molecule has 1 aliphatic rings. The third kappa shape index (κ3) is 3.96. The van der Waals surface area contributed by atoms with Gasteiger partial charge in [-0.15, -0.1) is 0 Å². The number of para-hydroxylation sites is 1. The van der Waals surface area contributed by atoms with Gasteiger partial charge in [0.25, 0.3) is 0 Å². The van der Waals surface area contributed by atoms with Gasteiger partial charge in [-0.05, 0) is 25.0 Å². The molecule has 2 amide bonds. The molecule has 2 rings (SSSR count). The van der Waals surface area contributed by atoms with Crippen molar-refractivity contribution in [1.82, 2.24) is 4.72 Å². The molecule has 0 atom stereocenters. The van der Waals surface area contributed by atoms with Gasteiger partial charge >= 0.3 is 6.03 Å². The lowest BCUT2D eigenvalue weighted by Gasteiger charge is -2.21. The lowest BCUT2D eigenvalue weighted by molar-refractivity contribution is 0.256. The van der Waals surface area contributed by atoms with E-state index in [-0.39, 0.29) is 0 Å². The van der Waals surface area contributed by atoms with Crippen LogP contribution in [0.2, 0.25) is 0 Å². The van der Waals surface area contributed by atoms with Gasteiger partial charge in [-0.25, -0.2) is 17.9 Å². The predicted molar refractivity (Wildman–Crippen MR) is 74.4 cm³/mol. The van der Waals surface area contributed by atoms with Crippen molar-refractivity contribution in [1.29, 1.82) is 0 Å². The normalized spacial score (nSPS) is 16.8. The van der Waals surface area contributed by atoms with E-state index in [0.29, 0.717) is 18.5 Å². The minimum absolute atomic E-state index is 0.442. The van der Waals surface area contributed by atoms with Crippen molar-refractivity contribution in [3.05, 3.63) is 30.3 Å². The van der Waals surface area contributed by atoms with Crippen LogP contribution in [-0.2, 0) is 10.0 Å². The fourth-order valence-electron chi connectivity index (χ4n) is 2.27. The van der Waals surface area contributed by atoms with Crippen LogP contribution in [0.4, 0.5) is 10.5 Å². The molecule has 1 aromatic rings. The number of carbonyl (C=O) groups is 1. The Labute approximate surface area is 113 Å². The molecule has 0 radical (unpaired) electrons. The number of amides is 2. The molecule has 104 valence electrons. The second-order valence-corrected chi connectivity index (χ2v) is 6.69. The number of sulfonamides is 1. The van der Waals surface area contributed by atoms with Crippen LogP contribution in [0.15, 0.2) is 30.3 Å². The summed E-state index contributed by atoms with van der Waals surface area (Å²) in [4.78, 5) is 11.7. The maximum absolute atomic E-state index is 12.0. The number of carbonyl (C=O) groups excluding carboxylic acids is 1. The molecule has 1 fully saturated rings. The summed E-state index contributed by atoms with van der Waals surface area (Å²) in [5, 5.41) is 2.07. The van der Waals surface area contributed by atoms with Crippen molar-refractivity contribution in [3.63, 3.8) is 0 Å². The smallest absolute Gasteiger partial charge is 0.307 e. The van der Waals surface area contributed by atoms with Gasteiger partial charge in [-0.1, -0.05) is 37.5 Å². The Balaban J connectivity index is 1.94. The third-order valence-electron chi connectivity index (χ3n) is 3.26. The number of hydrogen-bond donors (Lipinski definition) is 2. The molecule has 2 N–H and O–H groups in total. The van der Waals surface area contributed by atoms with E-state index in [1.54, 1.807) is 24.3 Å².